The molecule has 0 radical (unpaired) electrons. The van der Waals surface area contributed by atoms with E-state index in [1.54, 1.807) is 12.1 Å². The standard InChI is InChI=1S/C14H15N3O2S2/c18-21(19,11-5-4-9-7-15-8-10(9)6-11)17-14-16-12-2-1-3-13(12)20-14/h4-6,15H,1-3,7-8H2,(H,16,17). The maximum absolute atomic E-state index is 12.5. The van der Waals surface area contributed by atoms with E-state index in [4.69, 9.17) is 0 Å². The van der Waals surface area contributed by atoms with Crippen LogP contribution in [-0.4, -0.2) is 13.4 Å². The molecule has 1 aromatic heterocycles. The molecular formula is C14H15N3O2S2. The molecule has 1 aliphatic carbocycles. The summed E-state index contributed by atoms with van der Waals surface area (Å²) in [7, 11) is -3.55. The van der Waals surface area contributed by atoms with Crippen molar-refractivity contribution in [2.45, 2.75) is 37.2 Å². The summed E-state index contributed by atoms with van der Waals surface area (Å²) in [6, 6.07) is 5.29. The molecule has 2 N–H and O–H groups in total. The number of fused-ring (bicyclic) bond motifs is 2. The van der Waals surface area contributed by atoms with Gasteiger partial charge >= 0.3 is 0 Å². The maximum atomic E-state index is 12.5. The second-order valence-corrected chi connectivity index (χ2v) is 8.15. The Bertz CT molecular complexity index is 790. The SMILES string of the molecule is O=S(=O)(Nc1nc2c(s1)CCC2)c1ccc2c(c1)CNC2. The third kappa shape index (κ3) is 2.35. The van der Waals surface area contributed by atoms with Crippen LogP contribution in [0.5, 0.6) is 0 Å². The smallest absolute Gasteiger partial charge is 0.263 e. The van der Waals surface area contributed by atoms with Crippen molar-refractivity contribution in [1.82, 2.24) is 10.3 Å². The fourth-order valence-electron chi connectivity index (χ4n) is 2.85. The second kappa shape index (κ2) is 4.79. The minimum absolute atomic E-state index is 0.306. The summed E-state index contributed by atoms with van der Waals surface area (Å²) in [5, 5.41) is 3.70. The van der Waals surface area contributed by atoms with Crippen molar-refractivity contribution in [2.75, 3.05) is 4.72 Å². The van der Waals surface area contributed by atoms with Gasteiger partial charge in [-0.1, -0.05) is 6.07 Å². The highest BCUT2D eigenvalue weighted by molar-refractivity contribution is 7.93. The fraction of sp³-hybridized carbons (Fsp3) is 0.357. The first kappa shape index (κ1) is 13.2. The molecule has 0 amide bonds. The molecule has 0 bridgehead atoms. The monoisotopic (exact) mass is 321 g/mol. The molecule has 2 aromatic rings. The Morgan fingerprint density at radius 3 is 2.90 bits per heavy atom. The average Bonchev–Trinajstić information content (AvgIpc) is 3.11. The zero-order valence-corrected chi connectivity index (χ0v) is 13.0. The van der Waals surface area contributed by atoms with Crippen LogP contribution in [0.15, 0.2) is 23.1 Å². The van der Waals surface area contributed by atoms with Gasteiger partial charge in [0, 0.05) is 18.0 Å². The number of rotatable bonds is 3. The quantitative estimate of drug-likeness (QED) is 0.907. The third-order valence-electron chi connectivity index (χ3n) is 3.94. The van der Waals surface area contributed by atoms with Gasteiger partial charge in [-0.25, -0.2) is 13.4 Å². The number of aromatic nitrogens is 1. The fourth-order valence-corrected chi connectivity index (χ4v) is 5.18. The Morgan fingerprint density at radius 1 is 1.19 bits per heavy atom. The van der Waals surface area contributed by atoms with Gasteiger partial charge in [0.15, 0.2) is 5.13 Å². The first-order valence-electron chi connectivity index (χ1n) is 6.96. The Morgan fingerprint density at radius 2 is 2.05 bits per heavy atom. The predicted molar refractivity (Wildman–Crippen MR) is 81.9 cm³/mol. The van der Waals surface area contributed by atoms with Gasteiger partial charge in [-0.3, -0.25) is 4.72 Å². The molecule has 0 saturated carbocycles. The Hall–Kier alpha value is -1.44. The van der Waals surface area contributed by atoms with Gasteiger partial charge in [-0.2, -0.15) is 0 Å². The van der Waals surface area contributed by atoms with Crippen molar-refractivity contribution < 1.29 is 8.42 Å². The molecule has 1 aromatic carbocycles. The Labute approximate surface area is 127 Å². The normalized spacial score (nSPS) is 16.8. The highest BCUT2D eigenvalue weighted by Crippen LogP contribution is 2.31. The maximum Gasteiger partial charge on any atom is 0.263 e. The van der Waals surface area contributed by atoms with Gasteiger partial charge in [0.05, 0.1) is 10.6 Å². The van der Waals surface area contributed by atoms with Gasteiger partial charge in [-0.05, 0) is 42.5 Å². The summed E-state index contributed by atoms with van der Waals surface area (Å²) in [5.41, 5.74) is 3.28. The van der Waals surface area contributed by atoms with Crippen LogP contribution in [0.4, 0.5) is 5.13 Å². The van der Waals surface area contributed by atoms with E-state index in [1.165, 1.54) is 21.8 Å². The lowest BCUT2D eigenvalue weighted by molar-refractivity contribution is 0.601. The number of nitrogens with zero attached hydrogens (tertiary/aromatic N) is 1. The molecule has 1 aliphatic heterocycles. The Kier molecular flexibility index (Phi) is 3.02. The van der Waals surface area contributed by atoms with E-state index < -0.39 is 10.0 Å². The van der Waals surface area contributed by atoms with Crippen molar-refractivity contribution in [3.63, 3.8) is 0 Å². The molecule has 0 unspecified atom stereocenters. The van der Waals surface area contributed by atoms with Gasteiger partial charge < -0.3 is 5.32 Å². The summed E-state index contributed by atoms with van der Waals surface area (Å²) >= 11 is 1.46. The molecule has 0 spiro atoms. The predicted octanol–water partition coefficient (Wildman–Crippen LogP) is 2.04. The van der Waals surface area contributed by atoms with Crippen LogP contribution in [-0.2, 0) is 36.0 Å². The van der Waals surface area contributed by atoms with Gasteiger partial charge in [-0.15, -0.1) is 11.3 Å². The number of benzene rings is 1. The van der Waals surface area contributed by atoms with Crippen molar-refractivity contribution >= 4 is 26.5 Å². The van der Waals surface area contributed by atoms with Crippen LogP contribution < -0.4 is 10.0 Å². The van der Waals surface area contributed by atoms with Crippen LogP contribution in [0.1, 0.15) is 28.1 Å². The van der Waals surface area contributed by atoms with Crippen molar-refractivity contribution in [3.8, 4) is 0 Å². The van der Waals surface area contributed by atoms with Crippen LogP contribution in [0.3, 0.4) is 0 Å². The molecule has 0 fully saturated rings. The molecule has 110 valence electrons. The summed E-state index contributed by atoms with van der Waals surface area (Å²) in [5.74, 6) is 0. The molecule has 0 saturated heterocycles. The average molecular weight is 321 g/mol. The van der Waals surface area contributed by atoms with E-state index in [0.29, 0.717) is 10.0 Å². The summed E-state index contributed by atoms with van der Waals surface area (Å²) in [4.78, 5) is 5.91. The zero-order valence-electron chi connectivity index (χ0n) is 11.3. The number of hydrogen-bond acceptors (Lipinski definition) is 5. The van der Waals surface area contributed by atoms with Gasteiger partial charge in [0.2, 0.25) is 0 Å². The topological polar surface area (TPSA) is 71.1 Å². The van der Waals surface area contributed by atoms with Crippen LogP contribution >= 0.6 is 11.3 Å². The number of anilines is 1. The molecule has 5 nitrogen and oxygen atoms in total. The number of sulfonamides is 1. The second-order valence-electron chi connectivity index (χ2n) is 5.38. The molecular weight excluding hydrogens is 306 g/mol. The van der Waals surface area contributed by atoms with E-state index in [1.807, 2.05) is 6.07 Å². The van der Waals surface area contributed by atoms with Crippen molar-refractivity contribution in [3.05, 3.63) is 39.9 Å². The van der Waals surface area contributed by atoms with Crippen LogP contribution in [0, 0.1) is 0 Å². The molecule has 4 rings (SSSR count). The van der Waals surface area contributed by atoms with E-state index in [2.05, 4.69) is 15.0 Å². The third-order valence-corrected chi connectivity index (χ3v) is 6.47. The van der Waals surface area contributed by atoms with Gasteiger partial charge in [0.1, 0.15) is 0 Å². The molecule has 0 atom stereocenters. The lowest BCUT2D eigenvalue weighted by Gasteiger charge is -2.07. The zero-order chi connectivity index (χ0) is 14.4. The lowest BCUT2D eigenvalue weighted by Crippen LogP contribution is -2.13. The largest absolute Gasteiger partial charge is 0.309 e. The highest BCUT2D eigenvalue weighted by atomic mass is 32.2. The first-order valence-corrected chi connectivity index (χ1v) is 9.26. The highest BCUT2D eigenvalue weighted by Gasteiger charge is 2.22. The van der Waals surface area contributed by atoms with Gasteiger partial charge in [0.25, 0.3) is 10.0 Å². The molecule has 2 aliphatic rings. The van der Waals surface area contributed by atoms with Crippen LogP contribution in [0.2, 0.25) is 0 Å². The van der Waals surface area contributed by atoms with E-state index >= 15 is 0 Å². The number of aryl methyl sites for hydroxylation is 2. The van der Waals surface area contributed by atoms with E-state index in [0.717, 1.165) is 43.6 Å². The molecule has 7 heteroatoms. The van der Waals surface area contributed by atoms with Crippen molar-refractivity contribution in [2.24, 2.45) is 0 Å². The summed E-state index contributed by atoms with van der Waals surface area (Å²) in [6.45, 7) is 1.53. The number of nitrogens with one attached hydrogen (secondary N) is 2. The summed E-state index contributed by atoms with van der Waals surface area (Å²) in [6.07, 6.45) is 3.09. The number of hydrogen-bond donors (Lipinski definition) is 2. The minimum Gasteiger partial charge on any atom is -0.309 e. The lowest BCUT2D eigenvalue weighted by atomic mass is 10.1. The minimum atomic E-state index is -3.55. The Balaban J connectivity index is 1.63. The molecule has 2 heterocycles. The van der Waals surface area contributed by atoms with E-state index in [-0.39, 0.29) is 0 Å². The van der Waals surface area contributed by atoms with Crippen molar-refractivity contribution in [1.29, 1.82) is 0 Å². The first-order chi connectivity index (χ1) is 10.1. The molecule has 21 heavy (non-hydrogen) atoms. The van der Waals surface area contributed by atoms with Crippen LogP contribution in [0.25, 0.3) is 0 Å². The summed E-state index contributed by atoms with van der Waals surface area (Å²) < 4.78 is 27.5. The van der Waals surface area contributed by atoms with E-state index in [9.17, 15) is 8.42 Å². The number of thiazole rings is 1.